The maximum absolute atomic E-state index is 11.1. The number of primary amides is 1. The van der Waals surface area contributed by atoms with Crippen LogP contribution in [-0.2, 0) is 4.79 Å². The fourth-order valence-electron chi connectivity index (χ4n) is 1.52. The lowest BCUT2D eigenvalue weighted by Gasteiger charge is -2.28. The average Bonchev–Trinajstić information content (AvgIpc) is 2.32. The topological polar surface area (TPSA) is 55.1 Å². The molecule has 0 bridgehead atoms. The van der Waals surface area contributed by atoms with Gasteiger partial charge in [-0.05, 0) is 19.2 Å². The number of rotatable bonds is 2. The summed E-state index contributed by atoms with van der Waals surface area (Å²) in [5.74, 6) is 0.794. The van der Waals surface area contributed by atoms with E-state index in [1.807, 2.05) is 6.92 Å². The quantitative estimate of drug-likeness (QED) is 0.617. The summed E-state index contributed by atoms with van der Waals surface area (Å²) in [6.07, 6.45) is 0.852. The molecule has 2 unspecified atom stereocenters. The highest BCUT2D eigenvalue weighted by molar-refractivity contribution is 8.00. The van der Waals surface area contributed by atoms with Gasteiger partial charge in [-0.25, -0.2) is 0 Å². The predicted octanol–water partition coefficient (Wildman–Crippen LogP) is -0.0447. The van der Waals surface area contributed by atoms with Crippen LogP contribution in [0.3, 0.4) is 0 Å². The van der Waals surface area contributed by atoms with Gasteiger partial charge in [0.2, 0.25) is 5.91 Å². The number of amides is 1. The van der Waals surface area contributed by atoms with Crippen LogP contribution in [0.2, 0.25) is 0 Å². The predicted molar refractivity (Wildman–Crippen MR) is 47.5 cm³/mol. The van der Waals surface area contributed by atoms with Crippen molar-refractivity contribution in [2.24, 2.45) is 5.73 Å². The Labute approximate surface area is 71.1 Å². The fourth-order valence-corrected chi connectivity index (χ4v) is 2.95. The van der Waals surface area contributed by atoms with Crippen LogP contribution in [0.15, 0.2) is 0 Å². The first-order valence-electron chi connectivity index (χ1n) is 3.74. The van der Waals surface area contributed by atoms with Gasteiger partial charge in [-0.2, -0.15) is 11.8 Å². The Hall–Kier alpha value is -0.220. The number of likely N-dealkylation sites (N-methyl/N-ethyl adjacent to an activating group) is 1. The largest absolute Gasteiger partial charge is 0.368 e. The molecule has 0 spiro atoms. The molecule has 1 rings (SSSR count). The molecule has 0 saturated carbocycles. The minimum absolute atomic E-state index is 0.225. The molecule has 4 heteroatoms. The molecule has 3 nitrogen and oxygen atoms in total. The van der Waals surface area contributed by atoms with E-state index < -0.39 is 5.54 Å². The van der Waals surface area contributed by atoms with E-state index in [2.05, 4.69) is 5.32 Å². The minimum Gasteiger partial charge on any atom is -0.368 e. The van der Waals surface area contributed by atoms with Gasteiger partial charge in [0.05, 0.1) is 0 Å². The molecule has 0 radical (unpaired) electrons. The highest BCUT2D eigenvalue weighted by atomic mass is 32.2. The van der Waals surface area contributed by atoms with E-state index in [4.69, 9.17) is 5.73 Å². The van der Waals surface area contributed by atoms with Crippen LogP contribution in [-0.4, -0.2) is 29.5 Å². The summed E-state index contributed by atoms with van der Waals surface area (Å²) in [4.78, 5) is 11.1. The van der Waals surface area contributed by atoms with Crippen LogP contribution in [0.4, 0.5) is 0 Å². The molecule has 11 heavy (non-hydrogen) atoms. The molecule has 0 aromatic carbocycles. The van der Waals surface area contributed by atoms with E-state index in [0.717, 1.165) is 12.2 Å². The summed E-state index contributed by atoms with van der Waals surface area (Å²) in [7, 11) is 1.80. The summed E-state index contributed by atoms with van der Waals surface area (Å²) in [6, 6.07) is 0. The molecular weight excluding hydrogens is 160 g/mol. The van der Waals surface area contributed by atoms with Gasteiger partial charge in [0, 0.05) is 5.25 Å². The maximum Gasteiger partial charge on any atom is 0.238 e. The summed E-state index contributed by atoms with van der Waals surface area (Å²) < 4.78 is 0. The zero-order valence-electron chi connectivity index (χ0n) is 6.89. The third kappa shape index (κ3) is 1.25. The molecule has 0 aliphatic carbocycles. The maximum atomic E-state index is 11.1. The highest BCUT2D eigenvalue weighted by Crippen LogP contribution is 2.34. The number of hydrogen-bond donors (Lipinski definition) is 2. The first-order chi connectivity index (χ1) is 5.13. The third-order valence-corrected chi connectivity index (χ3v) is 3.79. The molecule has 64 valence electrons. The van der Waals surface area contributed by atoms with Crippen molar-refractivity contribution in [3.63, 3.8) is 0 Å². The second kappa shape index (κ2) is 3.03. The van der Waals surface area contributed by atoms with E-state index in [9.17, 15) is 4.79 Å². The van der Waals surface area contributed by atoms with Gasteiger partial charge >= 0.3 is 0 Å². The minimum atomic E-state index is -0.454. The lowest BCUT2D eigenvalue weighted by atomic mass is 9.92. The molecule has 1 amide bonds. The van der Waals surface area contributed by atoms with E-state index in [1.165, 1.54) is 0 Å². The standard InChI is InChI=1S/C7H14N2OS/c1-5-7(9-2,6(8)10)3-4-11-5/h5,9H,3-4H2,1-2H3,(H2,8,10). The van der Waals surface area contributed by atoms with Gasteiger partial charge in [0.15, 0.2) is 0 Å². The van der Waals surface area contributed by atoms with Crippen molar-refractivity contribution in [1.29, 1.82) is 0 Å². The molecule has 1 aliphatic rings. The van der Waals surface area contributed by atoms with Gasteiger partial charge < -0.3 is 11.1 Å². The smallest absolute Gasteiger partial charge is 0.238 e. The number of nitrogens with one attached hydrogen (secondary N) is 1. The Morgan fingerprint density at radius 2 is 2.45 bits per heavy atom. The molecule has 1 fully saturated rings. The van der Waals surface area contributed by atoms with E-state index >= 15 is 0 Å². The zero-order chi connectivity index (χ0) is 8.48. The third-order valence-electron chi connectivity index (χ3n) is 2.44. The van der Waals surface area contributed by atoms with Crippen molar-refractivity contribution in [2.75, 3.05) is 12.8 Å². The lowest BCUT2D eigenvalue weighted by Crippen LogP contribution is -2.57. The van der Waals surface area contributed by atoms with Gasteiger partial charge in [-0.15, -0.1) is 0 Å². The van der Waals surface area contributed by atoms with Crippen molar-refractivity contribution in [1.82, 2.24) is 5.32 Å². The second-order valence-corrected chi connectivity index (χ2v) is 4.30. The van der Waals surface area contributed by atoms with Crippen molar-refractivity contribution in [3.05, 3.63) is 0 Å². The van der Waals surface area contributed by atoms with E-state index in [0.29, 0.717) is 5.25 Å². The number of thioether (sulfide) groups is 1. The van der Waals surface area contributed by atoms with Crippen LogP contribution in [0.1, 0.15) is 13.3 Å². The summed E-state index contributed by atoms with van der Waals surface area (Å²) in [5, 5.41) is 3.33. The monoisotopic (exact) mass is 174 g/mol. The molecule has 3 N–H and O–H groups in total. The molecule has 1 saturated heterocycles. The Morgan fingerprint density at radius 3 is 2.64 bits per heavy atom. The van der Waals surface area contributed by atoms with Crippen molar-refractivity contribution >= 4 is 17.7 Å². The van der Waals surface area contributed by atoms with Gasteiger partial charge in [0.1, 0.15) is 5.54 Å². The van der Waals surface area contributed by atoms with Crippen LogP contribution in [0.5, 0.6) is 0 Å². The van der Waals surface area contributed by atoms with Crippen molar-refractivity contribution in [3.8, 4) is 0 Å². The Kier molecular flexibility index (Phi) is 2.44. The van der Waals surface area contributed by atoms with Crippen molar-refractivity contribution < 1.29 is 4.79 Å². The summed E-state index contributed by atoms with van der Waals surface area (Å²) in [6.45, 7) is 2.04. The first-order valence-corrected chi connectivity index (χ1v) is 4.79. The van der Waals surface area contributed by atoms with Crippen LogP contribution in [0, 0.1) is 0 Å². The number of nitrogens with two attached hydrogens (primary N) is 1. The second-order valence-electron chi connectivity index (χ2n) is 2.85. The Morgan fingerprint density at radius 1 is 1.82 bits per heavy atom. The summed E-state index contributed by atoms with van der Waals surface area (Å²) >= 11 is 1.79. The van der Waals surface area contributed by atoms with Gasteiger partial charge in [0.25, 0.3) is 0 Å². The molecule has 1 heterocycles. The van der Waals surface area contributed by atoms with Crippen LogP contribution < -0.4 is 11.1 Å². The number of hydrogen-bond acceptors (Lipinski definition) is 3. The van der Waals surface area contributed by atoms with Crippen LogP contribution in [0.25, 0.3) is 0 Å². The van der Waals surface area contributed by atoms with E-state index in [1.54, 1.807) is 18.8 Å². The zero-order valence-corrected chi connectivity index (χ0v) is 7.70. The molecule has 0 aromatic rings. The van der Waals surface area contributed by atoms with Gasteiger partial charge in [-0.1, -0.05) is 6.92 Å². The Bertz CT molecular complexity index is 174. The highest BCUT2D eigenvalue weighted by Gasteiger charge is 2.44. The SMILES string of the molecule is CNC1(C(N)=O)CCSC1C. The average molecular weight is 174 g/mol. The molecule has 1 aliphatic heterocycles. The fraction of sp³-hybridized carbons (Fsp3) is 0.857. The van der Waals surface area contributed by atoms with Crippen molar-refractivity contribution in [2.45, 2.75) is 24.1 Å². The van der Waals surface area contributed by atoms with E-state index in [-0.39, 0.29) is 5.91 Å². The van der Waals surface area contributed by atoms with Crippen LogP contribution >= 0.6 is 11.8 Å². The lowest BCUT2D eigenvalue weighted by molar-refractivity contribution is -0.124. The van der Waals surface area contributed by atoms with Gasteiger partial charge in [-0.3, -0.25) is 4.79 Å². The summed E-state index contributed by atoms with van der Waals surface area (Å²) in [5.41, 5.74) is 4.87. The first kappa shape index (κ1) is 8.87. The number of carbonyl (C=O) groups excluding carboxylic acids is 1. The molecule has 2 atom stereocenters. The Balaban J connectivity index is 2.82. The molecule has 0 aromatic heterocycles. The normalized spacial score (nSPS) is 37.5. The number of carbonyl (C=O) groups is 1. The molecular formula is C7H14N2OS.